The minimum absolute atomic E-state index is 0.137. The fourth-order valence-electron chi connectivity index (χ4n) is 2.20. The van der Waals surface area contributed by atoms with Gasteiger partial charge in [-0.2, -0.15) is 0 Å². The first-order valence-electron chi connectivity index (χ1n) is 7.49. The molecule has 0 saturated carbocycles. The average molecular weight is 400 g/mol. The van der Waals surface area contributed by atoms with E-state index in [0.29, 0.717) is 12.0 Å². The normalized spacial score (nSPS) is 11.0. The highest BCUT2D eigenvalue weighted by atomic mass is 35.5. The van der Waals surface area contributed by atoms with Crippen molar-refractivity contribution in [2.45, 2.75) is 19.3 Å². The van der Waals surface area contributed by atoms with Gasteiger partial charge in [-0.25, -0.2) is 0 Å². The Morgan fingerprint density at radius 3 is 2.08 bits per heavy atom. The molecule has 2 aromatic carbocycles. The minimum Gasteiger partial charge on any atom is -0.465 e. The molecule has 0 bridgehead atoms. The van der Waals surface area contributed by atoms with Gasteiger partial charge in [-0.05, 0) is 24.1 Å². The molecule has 2 rings (SSSR count). The Morgan fingerprint density at radius 2 is 1.56 bits per heavy atom. The monoisotopic (exact) mass is 399 g/mol. The lowest BCUT2D eigenvalue weighted by Crippen LogP contribution is -2.25. The summed E-state index contributed by atoms with van der Waals surface area (Å²) < 4.78 is 13.4. The van der Waals surface area contributed by atoms with Gasteiger partial charge in [0.25, 0.3) is 0 Å². The number of esters is 1. The molecule has 0 amide bonds. The number of halogens is 2. The second-order valence-corrected chi connectivity index (χ2v) is 5.79. The zero-order valence-electron chi connectivity index (χ0n) is 13.6. The molecule has 7 heteroatoms. The zero-order chi connectivity index (χ0) is 18.8. The van der Waals surface area contributed by atoms with Crippen molar-refractivity contribution in [2.75, 3.05) is 6.61 Å². The Kier molecular flexibility index (Phi) is 9.36. The summed E-state index contributed by atoms with van der Waals surface area (Å²) in [5, 5.41) is 0.429. The number of hydrogen-bond donors (Lipinski definition) is 0. The van der Waals surface area contributed by atoms with Crippen LogP contribution in [0.1, 0.15) is 35.2 Å². The molecule has 2 atom stereocenters. The SMILES string of the molecule is CCCOC(=O)C(C(=O)c1c(Cl)cccc1Cl)c1ccccc1.O=[PH2+]. The van der Waals surface area contributed by atoms with Crippen molar-refractivity contribution >= 4 is 44.1 Å². The quantitative estimate of drug-likeness (QED) is 0.292. The third-order valence-electron chi connectivity index (χ3n) is 3.29. The molecule has 2 unspecified atom stereocenters. The van der Waals surface area contributed by atoms with Gasteiger partial charge in [-0.3, -0.25) is 9.59 Å². The van der Waals surface area contributed by atoms with Crippen molar-refractivity contribution in [1.82, 2.24) is 0 Å². The van der Waals surface area contributed by atoms with Crippen LogP contribution in [0.2, 0.25) is 10.0 Å². The van der Waals surface area contributed by atoms with E-state index in [1.807, 2.05) is 13.0 Å². The Hall–Kier alpha value is -1.74. The van der Waals surface area contributed by atoms with Gasteiger partial charge in [-0.15, -0.1) is 0 Å². The van der Waals surface area contributed by atoms with Crippen LogP contribution in [0.3, 0.4) is 0 Å². The number of Topliss-reactive ketones (excluding diaryl/α,β-unsaturated/α-hetero) is 1. The Bertz CT molecular complexity index is 702. The predicted octanol–water partition coefficient (Wildman–Crippen LogP) is 5.12. The zero-order valence-corrected chi connectivity index (χ0v) is 16.2. The van der Waals surface area contributed by atoms with Crippen molar-refractivity contribution in [2.24, 2.45) is 0 Å². The highest BCUT2D eigenvalue weighted by Crippen LogP contribution is 2.31. The summed E-state index contributed by atoms with van der Waals surface area (Å²) in [5.41, 5.74) is 0.688. The van der Waals surface area contributed by atoms with E-state index in [0.717, 1.165) is 0 Å². The lowest BCUT2D eigenvalue weighted by molar-refractivity contribution is -0.144. The topological polar surface area (TPSA) is 60.4 Å². The standard InChI is InChI=1S/C18H16Cl2O3.H2OP/c1-2-11-23-18(22)15(12-7-4-3-5-8-12)17(21)16-13(19)9-6-10-14(16)20;1-2/h3-10,15H,2,11H2,1H3;2H2/q;+1. The Balaban J connectivity index is 0.00000151. The van der Waals surface area contributed by atoms with Crippen LogP contribution in [0.5, 0.6) is 0 Å². The molecular weight excluding hydrogens is 382 g/mol. The van der Waals surface area contributed by atoms with E-state index in [9.17, 15) is 9.59 Å². The van der Waals surface area contributed by atoms with E-state index >= 15 is 0 Å². The third-order valence-corrected chi connectivity index (χ3v) is 3.92. The summed E-state index contributed by atoms with van der Waals surface area (Å²) in [6, 6.07) is 13.5. The number of carbonyl (C=O) groups is 2. The smallest absolute Gasteiger partial charge is 0.321 e. The summed E-state index contributed by atoms with van der Waals surface area (Å²) in [5.74, 6) is -2.15. The molecule has 2 aromatic rings. The molecule has 0 fully saturated rings. The molecule has 0 aliphatic heterocycles. The lowest BCUT2D eigenvalue weighted by atomic mass is 9.90. The molecule has 0 heterocycles. The third kappa shape index (κ3) is 5.64. The van der Waals surface area contributed by atoms with Gasteiger partial charge in [-0.1, -0.05) is 71.1 Å². The lowest BCUT2D eigenvalue weighted by Gasteiger charge is -2.17. The van der Waals surface area contributed by atoms with Crippen LogP contribution in [0.4, 0.5) is 0 Å². The summed E-state index contributed by atoms with van der Waals surface area (Å²) >= 11 is 12.2. The van der Waals surface area contributed by atoms with Gasteiger partial charge in [0.15, 0.2) is 5.78 Å². The van der Waals surface area contributed by atoms with Gasteiger partial charge in [0.05, 0.1) is 22.2 Å². The maximum absolute atomic E-state index is 12.9. The molecule has 25 heavy (non-hydrogen) atoms. The minimum atomic E-state index is -1.08. The van der Waals surface area contributed by atoms with E-state index in [-0.39, 0.29) is 22.2 Å². The molecule has 132 valence electrons. The number of hydrogen-bond acceptors (Lipinski definition) is 4. The molecule has 0 aliphatic rings. The Morgan fingerprint density at radius 1 is 1.00 bits per heavy atom. The predicted molar refractivity (Wildman–Crippen MR) is 102 cm³/mol. The fraction of sp³-hybridized carbons (Fsp3) is 0.222. The summed E-state index contributed by atoms with van der Waals surface area (Å²) in [4.78, 5) is 25.3. The van der Waals surface area contributed by atoms with Crippen molar-refractivity contribution in [1.29, 1.82) is 0 Å². The van der Waals surface area contributed by atoms with Gasteiger partial charge in [0.2, 0.25) is 0 Å². The van der Waals surface area contributed by atoms with Crippen molar-refractivity contribution < 1.29 is 18.9 Å². The highest BCUT2D eigenvalue weighted by molar-refractivity contribution is 7.00. The van der Waals surface area contributed by atoms with Gasteiger partial charge >= 0.3 is 15.1 Å². The number of ether oxygens (including phenoxy) is 1. The average Bonchev–Trinajstić information content (AvgIpc) is 2.62. The van der Waals surface area contributed by atoms with Crippen molar-refractivity contribution in [3.63, 3.8) is 0 Å². The molecule has 0 N–H and O–H groups in total. The first kappa shape index (κ1) is 21.3. The van der Waals surface area contributed by atoms with Crippen molar-refractivity contribution in [3.05, 3.63) is 69.7 Å². The second kappa shape index (κ2) is 11.0. The van der Waals surface area contributed by atoms with Crippen LogP contribution in [0, 0.1) is 0 Å². The molecule has 0 spiro atoms. The van der Waals surface area contributed by atoms with Gasteiger partial charge < -0.3 is 4.74 Å². The van der Waals surface area contributed by atoms with Crippen LogP contribution >= 0.6 is 32.3 Å². The Labute approximate surface area is 158 Å². The van der Waals surface area contributed by atoms with Crippen LogP contribution in [-0.2, 0) is 14.1 Å². The van der Waals surface area contributed by atoms with Crippen LogP contribution < -0.4 is 0 Å². The molecule has 0 saturated heterocycles. The van der Waals surface area contributed by atoms with E-state index in [2.05, 4.69) is 0 Å². The summed E-state index contributed by atoms with van der Waals surface area (Å²) in [6.07, 6.45) is 0.675. The maximum atomic E-state index is 12.9. The molecule has 0 aromatic heterocycles. The van der Waals surface area contributed by atoms with Crippen molar-refractivity contribution in [3.8, 4) is 0 Å². The largest absolute Gasteiger partial charge is 0.465 e. The van der Waals surface area contributed by atoms with Crippen LogP contribution in [-0.4, -0.2) is 18.4 Å². The van der Waals surface area contributed by atoms with E-state index in [1.54, 1.807) is 42.5 Å². The number of carbonyl (C=O) groups excluding carboxylic acids is 2. The second-order valence-electron chi connectivity index (χ2n) is 4.97. The molecular formula is C18H18Cl2O4P+. The molecule has 0 radical (unpaired) electrons. The van der Waals surface area contributed by atoms with Crippen LogP contribution in [0.25, 0.3) is 0 Å². The summed E-state index contributed by atoms with van der Waals surface area (Å²) in [6.45, 7) is 2.14. The number of benzene rings is 2. The van der Waals surface area contributed by atoms with E-state index in [1.165, 1.54) is 9.12 Å². The summed E-state index contributed by atoms with van der Waals surface area (Å²) in [7, 11) is 1.17. The fourth-order valence-corrected chi connectivity index (χ4v) is 2.79. The van der Waals surface area contributed by atoms with E-state index in [4.69, 9.17) is 32.5 Å². The first-order chi connectivity index (χ1) is 12.1. The maximum Gasteiger partial charge on any atom is 0.321 e. The van der Waals surface area contributed by atoms with Crippen LogP contribution in [0.15, 0.2) is 48.5 Å². The number of rotatable bonds is 6. The highest BCUT2D eigenvalue weighted by Gasteiger charge is 2.33. The van der Waals surface area contributed by atoms with Gasteiger partial charge in [0.1, 0.15) is 5.92 Å². The number of ketones is 1. The van der Waals surface area contributed by atoms with Gasteiger partial charge in [0, 0.05) is 0 Å². The first-order valence-corrected chi connectivity index (χ1v) is 8.72. The molecule has 0 aliphatic carbocycles. The molecule has 4 nitrogen and oxygen atoms in total. The van der Waals surface area contributed by atoms with E-state index < -0.39 is 17.7 Å².